The number of esters is 1. The molecule has 3 aromatic rings. The number of nitrogens with zero attached hydrogens (tertiary/aromatic N) is 2. The van der Waals surface area contributed by atoms with Crippen molar-refractivity contribution in [3.05, 3.63) is 60.4 Å². The third-order valence-corrected chi connectivity index (χ3v) is 6.91. The van der Waals surface area contributed by atoms with Crippen LogP contribution in [0.4, 0.5) is 0 Å². The van der Waals surface area contributed by atoms with Crippen LogP contribution in [0.15, 0.2) is 59.8 Å². The second-order valence-corrected chi connectivity index (χ2v) is 8.12. The Morgan fingerprint density at radius 2 is 1.96 bits per heavy atom. The molecule has 0 spiro atoms. The monoisotopic (exact) mass is 388 g/mol. The summed E-state index contributed by atoms with van der Waals surface area (Å²) in [5, 5.41) is 11.4. The fraction of sp³-hybridized carbons (Fsp3) is 0.261. The Bertz CT molecular complexity index is 1080. The lowest BCUT2D eigenvalue weighted by Gasteiger charge is -2.38. The summed E-state index contributed by atoms with van der Waals surface area (Å²) in [5.74, 6) is 0.593. The van der Waals surface area contributed by atoms with Crippen molar-refractivity contribution >= 4 is 28.5 Å². The first-order chi connectivity index (χ1) is 13.7. The first kappa shape index (κ1) is 18.5. The third-order valence-electron chi connectivity index (χ3n) is 5.55. The third kappa shape index (κ3) is 3.14. The van der Waals surface area contributed by atoms with Crippen LogP contribution in [0, 0.1) is 16.7 Å². The molecule has 28 heavy (non-hydrogen) atoms. The van der Waals surface area contributed by atoms with Gasteiger partial charge in [-0.15, -0.1) is 11.8 Å². The number of ether oxygens (including phenoxy) is 1. The zero-order chi connectivity index (χ0) is 19.6. The van der Waals surface area contributed by atoms with E-state index in [0.29, 0.717) is 11.3 Å². The van der Waals surface area contributed by atoms with Crippen LogP contribution in [0.25, 0.3) is 21.9 Å². The molecular formula is C23H20N2O2S. The maximum absolute atomic E-state index is 12.3. The van der Waals surface area contributed by atoms with Crippen LogP contribution in [-0.2, 0) is 9.53 Å². The summed E-state index contributed by atoms with van der Waals surface area (Å²) in [6.07, 6.45) is 6.48. The van der Waals surface area contributed by atoms with Gasteiger partial charge in [-0.1, -0.05) is 36.8 Å². The van der Waals surface area contributed by atoms with Gasteiger partial charge >= 0.3 is 5.97 Å². The number of benzene rings is 2. The van der Waals surface area contributed by atoms with Crippen molar-refractivity contribution in [2.75, 3.05) is 12.9 Å². The molecule has 0 N–H and O–H groups in total. The van der Waals surface area contributed by atoms with Crippen LogP contribution in [0.2, 0.25) is 0 Å². The lowest BCUT2D eigenvalue weighted by atomic mass is 9.70. The molecule has 1 aliphatic rings. The topological polar surface area (TPSA) is 63.0 Å². The van der Waals surface area contributed by atoms with Gasteiger partial charge in [-0.3, -0.25) is 9.78 Å². The van der Waals surface area contributed by atoms with E-state index in [1.165, 1.54) is 7.11 Å². The van der Waals surface area contributed by atoms with Crippen molar-refractivity contribution in [2.45, 2.75) is 24.2 Å². The van der Waals surface area contributed by atoms with Crippen molar-refractivity contribution in [1.82, 2.24) is 4.98 Å². The average Bonchev–Trinajstić information content (AvgIpc) is 2.72. The Hall–Kier alpha value is -2.84. The highest BCUT2D eigenvalue weighted by Gasteiger charge is 2.45. The largest absolute Gasteiger partial charge is 0.469 e. The highest BCUT2D eigenvalue weighted by molar-refractivity contribution is 7.99. The predicted octanol–water partition coefficient (Wildman–Crippen LogP) is 5.21. The Morgan fingerprint density at radius 3 is 2.64 bits per heavy atom. The molecule has 0 radical (unpaired) electrons. The number of nitriles is 1. The second kappa shape index (κ2) is 7.65. The number of hydrogen-bond donors (Lipinski definition) is 0. The number of aromatic nitrogens is 1. The number of methoxy groups -OCH3 is 1. The number of thioether (sulfide) groups is 1. The lowest BCUT2D eigenvalue weighted by Crippen LogP contribution is -2.41. The Labute approximate surface area is 168 Å². The number of fused-ring (bicyclic) bond motifs is 1. The zero-order valence-corrected chi connectivity index (χ0v) is 16.5. The maximum Gasteiger partial charge on any atom is 0.312 e. The van der Waals surface area contributed by atoms with E-state index in [2.05, 4.69) is 11.1 Å². The van der Waals surface area contributed by atoms with Crippen molar-refractivity contribution < 1.29 is 9.53 Å². The highest BCUT2D eigenvalue weighted by Crippen LogP contribution is 2.47. The summed E-state index contributed by atoms with van der Waals surface area (Å²) in [6, 6.07) is 16.1. The van der Waals surface area contributed by atoms with E-state index in [4.69, 9.17) is 4.74 Å². The minimum atomic E-state index is -0.368. The summed E-state index contributed by atoms with van der Waals surface area (Å²) < 4.78 is 5.05. The van der Waals surface area contributed by atoms with E-state index in [0.717, 1.165) is 46.1 Å². The minimum absolute atomic E-state index is 0.106. The molecule has 0 unspecified atom stereocenters. The average molecular weight is 388 g/mol. The molecule has 1 fully saturated rings. The molecule has 1 aliphatic carbocycles. The van der Waals surface area contributed by atoms with Crippen LogP contribution < -0.4 is 0 Å². The Balaban J connectivity index is 1.73. The fourth-order valence-electron chi connectivity index (χ4n) is 3.78. The fourth-order valence-corrected chi connectivity index (χ4v) is 5.10. The van der Waals surface area contributed by atoms with Gasteiger partial charge in [0.15, 0.2) is 0 Å². The minimum Gasteiger partial charge on any atom is -0.469 e. The predicted molar refractivity (Wildman–Crippen MR) is 111 cm³/mol. The molecule has 1 saturated carbocycles. The molecule has 140 valence electrons. The molecule has 0 aliphatic heterocycles. The zero-order valence-electron chi connectivity index (χ0n) is 15.6. The van der Waals surface area contributed by atoms with Gasteiger partial charge in [0.25, 0.3) is 0 Å². The van der Waals surface area contributed by atoms with E-state index in [1.54, 1.807) is 18.0 Å². The summed E-state index contributed by atoms with van der Waals surface area (Å²) in [5.41, 5.74) is 2.36. The molecule has 0 bridgehead atoms. The van der Waals surface area contributed by atoms with Crippen molar-refractivity contribution in [1.29, 1.82) is 5.26 Å². The maximum atomic E-state index is 12.3. The van der Waals surface area contributed by atoms with Crippen LogP contribution in [-0.4, -0.2) is 23.8 Å². The van der Waals surface area contributed by atoms with Gasteiger partial charge in [0.2, 0.25) is 0 Å². The van der Waals surface area contributed by atoms with Gasteiger partial charge in [0.05, 0.1) is 24.2 Å². The first-order valence-electron chi connectivity index (χ1n) is 9.26. The van der Waals surface area contributed by atoms with Crippen LogP contribution in [0.5, 0.6) is 0 Å². The molecule has 1 aromatic heterocycles. The molecule has 4 rings (SSSR count). The van der Waals surface area contributed by atoms with Crippen molar-refractivity contribution in [2.24, 2.45) is 5.41 Å². The number of hydrogen-bond acceptors (Lipinski definition) is 5. The lowest BCUT2D eigenvalue weighted by molar-refractivity contribution is -0.156. The number of rotatable bonds is 5. The number of pyridine rings is 1. The molecule has 0 atom stereocenters. The van der Waals surface area contributed by atoms with Crippen LogP contribution in [0.1, 0.15) is 24.8 Å². The molecular weight excluding hydrogens is 368 g/mol. The summed E-state index contributed by atoms with van der Waals surface area (Å²) in [4.78, 5) is 17.7. The summed E-state index contributed by atoms with van der Waals surface area (Å²) >= 11 is 1.68. The van der Waals surface area contributed by atoms with Gasteiger partial charge in [-0.05, 0) is 35.9 Å². The van der Waals surface area contributed by atoms with Gasteiger partial charge in [0.1, 0.15) is 0 Å². The molecule has 2 aromatic carbocycles. The summed E-state index contributed by atoms with van der Waals surface area (Å²) in [7, 11) is 1.47. The van der Waals surface area contributed by atoms with E-state index in [9.17, 15) is 10.1 Å². The number of carbonyl (C=O) groups is 1. The van der Waals surface area contributed by atoms with E-state index in [1.807, 2.05) is 48.7 Å². The van der Waals surface area contributed by atoms with Gasteiger partial charge in [-0.25, -0.2) is 0 Å². The molecule has 0 amide bonds. The quantitative estimate of drug-likeness (QED) is 0.443. The van der Waals surface area contributed by atoms with Gasteiger partial charge < -0.3 is 4.74 Å². The van der Waals surface area contributed by atoms with Crippen LogP contribution >= 0.6 is 11.8 Å². The smallest absolute Gasteiger partial charge is 0.312 e. The Kier molecular flexibility index (Phi) is 5.06. The highest BCUT2D eigenvalue weighted by atomic mass is 32.2. The second-order valence-electron chi connectivity index (χ2n) is 7.10. The van der Waals surface area contributed by atoms with E-state index in [-0.39, 0.29) is 11.4 Å². The van der Waals surface area contributed by atoms with Gasteiger partial charge in [0, 0.05) is 34.0 Å². The van der Waals surface area contributed by atoms with Gasteiger partial charge in [-0.2, -0.15) is 5.26 Å². The molecule has 4 nitrogen and oxygen atoms in total. The first-order valence-corrected chi connectivity index (χ1v) is 10.2. The van der Waals surface area contributed by atoms with E-state index >= 15 is 0 Å². The normalized spacial score (nSPS) is 14.9. The Morgan fingerprint density at radius 1 is 1.18 bits per heavy atom. The van der Waals surface area contributed by atoms with Crippen molar-refractivity contribution in [3.8, 4) is 17.2 Å². The molecule has 5 heteroatoms. The van der Waals surface area contributed by atoms with Crippen LogP contribution in [0.3, 0.4) is 0 Å². The van der Waals surface area contributed by atoms with E-state index < -0.39 is 0 Å². The number of carbonyl (C=O) groups excluding carboxylic acids is 1. The molecule has 1 heterocycles. The standard InChI is InChI=1S/C23H20N2O2S/c1-27-22(26)23(10-4-11-23)15-28-21-9-12-25-14-20(21)19-8-7-16(13-24)17-5-2-3-6-18(17)19/h2-3,5-9,12,14H,4,10-11,15H2,1H3. The molecule has 0 saturated heterocycles. The van der Waals surface area contributed by atoms with Crippen molar-refractivity contribution in [3.63, 3.8) is 0 Å². The SMILES string of the molecule is COC(=O)C1(CSc2ccncc2-c2ccc(C#N)c3ccccc23)CCC1. The summed E-state index contributed by atoms with van der Waals surface area (Å²) in [6.45, 7) is 0.